The van der Waals surface area contributed by atoms with Gasteiger partial charge in [-0.05, 0) is 32.0 Å². The van der Waals surface area contributed by atoms with Crippen molar-refractivity contribution >= 4 is 0 Å². The van der Waals surface area contributed by atoms with Crippen LogP contribution in [-0.2, 0) is 6.42 Å². The first-order valence-electron chi connectivity index (χ1n) is 5.70. The lowest BCUT2D eigenvalue weighted by Gasteiger charge is -2.20. The Morgan fingerprint density at radius 3 is 2.53 bits per heavy atom. The molecule has 0 radical (unpaired) electrons. The summed E-state index contributed by atoms with van der Waals surface area (Å²) in [5, 5.41) is 0. The molecule has 1 atom stereocenters. The van der Waals surface area contributed by atoms with E-state index in [1.165, 1.54) is 12.0 Å². The molecular weight excluding hydrogens is 184 g/mol. The summed E-state index contributed by atoms with van der Waals surface area (Å²) in [5.41, 5.74) is 7.42. The van der Waals surface area contributed by atoms with Crippen molar-refractivity contribution in [3.63, 3.8) is 0 Å². The molecule has 0 saturated heterocycles. The van der Waals surface area contributed by atoms with Gasteiger partial charge in [-0.3, -0.25) is 0 Å². The largest absolute Gasteiger partial charge is 0.326 e. The van der Waals surface area contributed by atoms with E-state index in [2.05, 4.69) is 43.1 Å². The lowest BCUT2D eigenvalue weighted by Crippen LogP contribution is -2.37. The fourth-order valence-corrected chi connectivity index (χ4v) is 1.85. The van der Waals surface area contributed by atoms with Crippen LogP contribution in [0.3, 0.4) is 0 Å². The van der Waals surface area contributed by atoms with E-state index in [-0.39, 0.29) is 6.04 Å². The van der Waals surface area contributed by atoms with Gasteiger partial charge in [-0.25, -0.2) is 0 Å². The van der Waals surface area contributed by atoms with Crippen molar-refractivity contribution < 1.29 is 0 Å². The maximum Gasteiger partial charge on any atom is 0.0208 e. The SMILES string of the molecule is CCCN(C)CC(N)Cc1ccccc1. The normalized spacial score (nSPS) is 13.1. The van der Waals surface area contributed by atoms with Crippen LogP contribution in [0.25, 0.3) is 0 Å². The molecule has 0 fully saturated rings. The summed E-state index contributed by atoms with van der Waals surface area (Å²) in [7, 11) is 2.13. The van der Waals surface area contributed by atoms with Gasteiger partial charge in [-0.15, -0.1) is 0 Å². The Labute approximate surface area is 93.1 Å². The minimum absolute atomic E-state index is 0.240. The van der Waals surface area contributed by atoms with Crippen molar-refractivity contribution in [1.29, 1.82) is 0 Å². The van der Waals surface area contributed by atoms with Crippen LogP contribution in [0, 0.1) is 0 Å². The summed E-state index contributed by atoms with van der Waals surface area (Å²) in [4.78, 5) is 2.30. The first-order chi connectivity index (χ1) is 7.22. The predicted molar refractivity (Wildman–Crippen MR) is 65.9 cm³/mol. The number of rotatable bonds is 6. The standard InChI is InChI=1S/C13H22N2/c1-3-9-15(2)11-13(14)10-12-7-5-4-6-8-12/h4-8,13H,3,9-11,14H2,1-2H3. The molecule has 15 heavy (non-hydrogen) atoms. The van der Waals surface area contributed by atoms with E-state index in [0.29, 0.717) is 0 Å². The number of nitrogens with two attached hydrogens (primary N) is 1. The van der Waals surface area contributed by atoms with Gasteiger partial charge in [-0.2, -0.15) is 0 Å². The zero-order valence-corrected chi connectivity index (χ0v) is 9.82. The molecule has 0 heterocycles. The van der Waals surface area contributed by atoms with Gasteiger partial charge in [0.2, 0.25) is 0 Å². The summed E-state index contributed by atoms with van der Waals surface area (Å²) >= 11 is 0. The van der Waals surface area contributed by atoms with Gasteiger partial charge in [0.15, 0.2) is 0 Å². The predicted octanol–water partition coefficient (Wildman–Crippen LogP) is 1.90. The monoisotopic (exact) mass is 206 g/mol. The Morgan fingerprint density at radius 1 is 1.27 bits per heavy atom. The zero-order valence-electron chi connectivity index (χ0n) is 9.82. The van der Waals surface area contributed by atoms with Crippen LogP contribution in [0.1, 0.15) is 18.9 Å². The molecule has 0 spiro atoms. The lowest BCUT2D eigenvalue weighted by molar-refractivity contribution is 0.310. The van der Waals surface area contributed by atoms with Crippen molar-refractivity contribution in [1.82, 2.24) is 4.90 Å². The van der Waals surface area contributed by atoms with Gasteiger partial charge < -0.3 is 10.6 Å². The Hall–Kier alpha value is -0.860. The third-order valence-electron chi connectivity index (χ3n) is 2.49. The van der Waals surface area contributed by atoms with Crippen molar-refractivity contribution in [2.75, 3.05) is 20.1 Å². The summed E-state index contributed by atoms with van der Waals surface area (Å²) < 4.78 is 0. The third kappa shape index (κ3) is 4.96. The summed E-state index contributed by atoms with van der Waals surface area (Å²) in [6, 6.07) is 10.7. The second-order valence-electron chi connectivity index (χ2n) is 4.21. The summed E-state index contributed by atoms with van der Waals surface area (Å²) in [5.74, 6) is 0. The van der Waals surface area contributed by atoms with E-state index < -0.39 is 0 Å². The van der Waals surface area contributed by atoms with Crippen LogP contribution >= 0.6 is 0 Å². The number of hydrogen-bond donors (Lipinski definition) is 1. The Bertz CT molecular complexity index is 258. The molecule has 1 unspecified atom stereocenters. The summed E-state index contributed by atoms with van der Waals surface area (Å²) in [6.07, 6.45) is 2.16. The molecule has 1 aromatic rings. The molecule has 2 N–H and O–H groups in total. The fraction of sp³-hybridized carbons (Fsp3) is 0.538. The summed E-state index contributed by atoms with van der Waals surface area (Å²) in [6.45, 7) is 4.30. The van der Waals surface area contributed by atoms with Crippen molar-refractivity contribution in [3.05, 3.63) is 35.9 Å². The topological polar surface area (TPSA) is 29.3 Å². The maximum atomic E-state index is 6.10. The smallest absolute Gasteiger partial charge is 0.0208 e. The van der Waals surface area contributed by atoms with Gasteiger partial charge in [0.1, 0.15) is 0 Å². The lowest BCUT2D eigenvalue weighted by atomic mass is 10.1. The Balaban J connectivity index is 2.33. The molecule has 0 aromatic heterocycles. The Morgan fingerprint density at radius 2 is 1.93 bits per heavy atom. The fourth-order valence-electron chi connectivity index (χ4n) is 1.85. The molecule has 0 aliphatic rings. The van der Waals surface area contributed by atoms with E-state index in [0.717, 1.165) is 19.5 Å². The van der Waals surface area contributed by atoms with Gasteiger partial charge in [0, 0.05) is 12.6 Å². The average Bonchev–Trinajstić information content (AvgIpc) is 2.19. The van der Waals surface area contributed by atoms with Crippen LogP contribution in [0.4, 0.5) is 0 Å². The minimum atomic E-state index is 0.240. The molecule has 2 heteroatoms. The van der Waals surface area contributed by atoms with Crippen LogP contribution in [-0.4, -0.2) is 31.1 Å². The number of benzene rings is 1. The molecule has 0 amide bonds. The minimum Gasteiger partial charge on any atom is -0.326 e. The van der Waals surface area contributed by atoms with Crippen molar-refractivity contribution in [2.24, 2.45) is 5.73 Å². The average molecular weight is 206 g/mol. The van der Waals surface area contributed by atoms with E-state index in [4.69, 9.17) is 5.73 Å². The Kier molecular flexibility index (Phi) is 5.37. The highest BCUT2D eigenvalue weighted by molar-refractivity contribution is 5.15. The van der Waals surface area contributed by atoms with Gasteiger partial charge in [0.25, 0.3) is 0 Å². The zero-order chi connectivity index (χ0) is 11.1. The first-order valence-corrected chi connectivity index (χ1v) is 5.70. The number of hydrogen-bond acceptors (Lipinski definition) is 2. The van der Waals surface area contributed by atoms with E-state index in [1.54, 1.807) is 0 Å². The number of nitrogens with zero attached hydrogens (tertiary/aromatic N) is 1. The van der Waals surface area contributed by atoms with Gasteiger partial charge in [0.05, 0.1) is 0 Å². The molecule has 1 rings (SSSR count). The molecule has 0 aliphatic carbocycles. The van der Waals surface area contributed by atoms with E-state index in [9.17, 15) is 0 Å². The van der Waals surface area contributed by atoms with Crippen LogP contribution < -0.4 is 5.73 Å². The highest BCUT2D eigenvalue weighted by atomic mass is 15.1. The third-order valence-corrected chi connectivity index (χ3v) is 2.49. The van der Waals surface area contributed by atoms with Crippen LogP contribution in [0.5, 0.6) is 0 Å². The maximum absolute atomic E-state index is 6.10. The van der Waals surface area contributed by atoms with Crippen LogP contribution in [0.15, 0.2) is 30.3 Å². The van der Waals surface area contributed by atoms with Crippen molar-refractivity contribution in [2.45, 2.75) is 25.8 Å². The molecule has 1 aromatic carbocycles. The molecule has 0 bridgehead atoms. The highest BCUT2D eigenvalue weighted by Crippen LogP contribution is 2.02. The van der Waals surface area contributed by atoms with Gasteiger partial charge >= 0.3 is 0 Å². The second kappa shape index (κ2) is 6.59. The van der Waals surface area contributed by atoms with Gasteiger partial charge in [-0.1, -0.05) is 37.3 Å². The first kappa shape index (κ1) is 12.2. The quantitative estimate of drug-likeness (QED) is 0.770. The molecule has 2 nitrogen and oxygen atoms in total. The van der Waals surface area contributed by atoms with E-state index >= 15 is 0 Å². The molecule has 0 saturated carbocycles. The molecule has 84 valence electrons. The molecular formula is C13H22N2. The number of likely N-dealkylation sites (N-methyl/N-ethyl adjacent to an activating group) is 1. The second-order valence-corrected chi connectivity index (χ2v) is 4.21. The molecule has 0 aliphatic heterocycles. The van der Waals surface area contributed by atoms with Crippen molar-refractivity contribution in [3.8, 4) is 0 Å². The highest BCUT2D eigenvalue weighted by Gasteiger charge is 2.06. The van der Waals surface area contributed by atoms with Crippen LogP contribution in [0.2, 0.25) is 0 Å². The van der Waals surface area contributed by atoms with E-state index in [1.807, 2.05) is 6.07 Å².